The number of nitrogen functional groups attached to an aromatic ring is 1. The van der Waals surface area contributed by atoms with Crippen molar-refractivity contribution in [2.24, 2.45) is 5.41 Å². The summed E-state index contributed by atoms with van der Waals surface area (Å²) in [5.41, 5.74) is 9.45. The number of halogens is 2. The molecule has 1 unspecified atom stereocenters. The molecule has 7 heteroatoms. The van der Waals surface area contributed by atoms with Gasteiger partial charge in [0, 0.05) is 29.4 Å². The number of nitrogens with zero attached hydrogens (tertiary/aromatic N) is 4. The summed E-state index contributed by atoms with van der Waals surface area (Å²) in [7, 11) is 0. The minimum Gasteiger partial charge on any atom is -0.384 e. The van der Waals surface area contributed by atoms with Crippen LogP contribution in [0.3, 0.4) is 0 Å². The molecular formula is C19H19F2N5. The zero-order chi connectivity index (χ0) is 18.3. The van der Waals surface area contributed by atoms with E-state index in [-0.39, 0.29) is 0 Å². The van der Waals surface area contributed by atoms with Crippen molar-refractivity contribution in [1.82, 2.24) is 19.7 Å². The highest BCUT2D eigenvalue weighted by molar-refractivity contribution is 5.82. The smallest absolute Gasteiger partial charge is 0.141 e. The Bertz CT molecular complexity index is 951. The van der Waals surface area contributed by atoms with Crippen molar-refractivity contribution in [3.8, 4) is 22.5 Å². The molecule has 0 bridgehead atoms. The zero-order valence-corrected chi connectivity index (χ0v) is 14.4. The highest BCUT2D eigenvalue weighted by Crippen LogP contribution is 2.40. The van der Waals surface area contributed by atoms with Crippen molar-refractivity contribution in [3.63, 3.8) is 0 Å². The maximum atomic E-state index is 13.5. The van der Waals surface area contributed by atoms with E-state index in [0.29, 0.717) is 30.2 Å². The van der Waals surface area contributed by atoms with Gasteiger partial charge in [0.2, 0.25) is 0 Å². The fourth-order valence-electron chi connectivity index (χ4n) is 3.45. The van der Waals surface area contributed by atoms with Crippen molar-refractivity contribution >= 4 is 5.82 Å². The lowest BCUT2D eigenvalue weighted by Crippen LogP contribution is -2.32. The molecule has 5 nitrogen and oxygen atoms in total. The number of alkyl halides is 1. The fourth-order valence-corrected chi connectivity index (χ4v) is 3.45. The summed E-state index contributed by atoms with van der Waals surface area (Å²) in [4.78, 5) is 8.23. The second-order valence-corrected chi connectivity index (χ2v) is 7.10. The predicted octanol–water partition coefficient (Wildman–Crippen LogP) is 3.65. The van der Waals surface area contributed by atoms with Crippen LogP contribution in [0.15, 0.2) is 36.7 Å². The first kappa shape index (κ1) is 16.6. The van der Waals surface area contributed by atoms with Crippen LogP contribution in [0.4, 0.5) is 14.6 Å². The molecule has 1 aliphatic heterocycles. The Morgan fingerprint density at radius 3 is 2.81 bits per heavy atom. The molecule has 4 rings (SSSR count). The molecule has 4 heterocycles. The molecule has 0 saturated heterocycles. The van der Waals surface area contributed by atoms with E-state index in [1.54, 1.807) is 18.3 Å². The van der Waals surface area contributed by atoms with Crippen molar-refractivity contribution < 1.29 is 8.78 Å². The van der Waals surface area contributed by atoms with Gasteiger partial charge in [-0.1, -0.05) is 6.92 Å². The summed E-state index contributed by atoms with van der Waals surface area (Å²) in [5, 5.41) is 4.70. The second-order valence-electron chi connectivity index (χ2n) is 7.10. The number of hydrogen-bond donors (Lipinski definition) is 1. The van der Waals surface area contributed by atoms with E-state index in [9.17, 15) is 8.78 Å². The minimum atomic E-state index is -0.430. The number of fused-ring (bicyclic) bond motifs is 1. The number of anilines is 1. The van der Waals surface area contributed by atoms with Gasteiger partial charge in [-0.3, -0.25) is 14.1 Å². The van der Waals surface area contributed by atoms with Gasteiger partial charge in [0.15, 0.2) is 0 Å². The van der Waals surface area contributed by atoms with Crippen LogP contribution in [0.5, 0.6) is 0 Å². The summed E-state index contributed by atoms with van der Waals surface area (Å²) in [6.07, 6.45) is 4.25. The molecule has 1 atom stereocenters. The van der Waals surface area contributed by atoms with Gasteiger partial charge in [-0.05, 0) is 42.7 Å². The first-order valence-corrected chi connectivity index (χ1v) is 8.48. The second kappa shape index (κ2) is 6.16. The van der Waals surface area contributed by atoms with E-state index in [1.807, 2.05) is 17.7 Å². The molecule has 0 saturated carbocycles. The number of nitrogens with two attached hydrogens (primary N) is 1. The highest BCUT2D eigenvalue weighted by Gasteiger charge is 2.34. The molecule has 0 radical (unpaired) electrons. The third-order valence-electron chi connectivity index (χ3n) is 4.92. The lowest BCUT2D eigenvalue weighted by molar-refractivity contribution is 0.155. The zero-order valence-electron chi connectivity index (χ0n) is 14.4. The number of pyridine rings is 2. The van der Waals surface area contributed by atoms with Crippen LogP contribution < -0.4 is 5.73 Å². The maximum Gasteiger partial charge on any atom is 0.141 e. The third-order valence-corrected chi connectivity index (χ3v) is 4.92. The lowest BCUT2D eigenvalue weighted by atomic mass is 9.82. The molecule has 0 fully saturated rings. The van der Waals surface area contributed by atoms with Crippen molar-refractivity contribution in [1.29, 1.82) is 0 Å². The molecule has 0 amide bonds. The van der Waals surface area contributed by atoms with E-state index in [0.717, 1.165) is 23.2 Å². The molecule has 0 aromatic carbocycles. The topological polar surface area (TPSA) is 69.6 Å². The van der Waals surface area contributed by atoms with Crippen LogP contribution in [0.1, 0.15) is 19.0 Å². The lowest BCUT2D eigenvalue weighted by Gasteiger charge is -2.31. The van der Waals surface area contributed by atoms with E-state index in [1.165, 1.54) is 12.3 Å². The first-order valence-electron chi connectivity index (χ1n) is 8.48. The number of hydrogen-bond acceptors (Lipinski definition) is 4. The molecule has 0 aliphatic carbocycles. The van der Waals surface area contributed by atoms with Gasteiger partial charge >= 0.3 is 0 Å². The van der Waals surface area contributed by atoms with E-state index >= 15 is 0 Å². The van der Waals surface area contributed by atoms with Crippen molar-refractivity contribution in [3.05, 3.63) is 48.2 Å². The molecule has 134 valence electrons. The fraction of sp³-hybridized carbons (Fsp3) is 0.316. The Morgan fingerprint density at radius 1 is 1.27 bits per heavy atom. The van der Waals surface area contributed by atoms with Crippen LogP contribution in [0.2, 0.25) is 0 Å². The van der Waals surface area contributed by atoms with Gasteiger partial charge in [0.1, 0.15) is 17.3 Å². The monoisotopic (exact) mass is 355 g/mol. The molecule has 3 aromatic rings. The minimum absolute atomic E-state index is 0.395. The average Bonchev–Trinajstić information content (AvgIpc) is 3.00. The maximum absolute atomic E-state index is 13.5. The van der Waals surface area contributed by atoms with Crippen molar-refractivity contribution in [2.45, 2.75) is 26.3 Å². The summed E-state index contributed by atoms with van der Waals surface area (Å²) in [6, 6.07) is 6.61. The van der Waals surface area contributed by atoms with Gasteiger partial charge < -0.3 is 5.73 Å². The van der Waals surface area contributed by atoms with Crippen molar-refractivity contribution in [2.75, 3.05) is 12.4 Å². The molecular weight excluding hydrogens is 336 g/mol. The summed E-state index contributed by atoms with van der Waals surface area (Å²) < 4.78 is 28.6. The summed E-state index contributed by atoms with van der Waals surface area (Å²) in [6.45, 7) is 2.03. The van der Waals surface area contributed by atoms with Crippen LogP contribution in [0.25, 0.3) is 22.5 Å². The van der Waals surface area contributed by atoms with E-state index in [2.05, 4.69) is 9.97 Å². The molecule has 0 spiro atoms. The van der Waals surface area contributed by atoms with Crippen LogP contribution in [0, 0.1) is 11.2 Å². The summed E-state index contributed by atoms with van der Waals surface area (Å²) >= 11 is 0. The number of rotatable bonds is 3. The standard InChI is InChI=1S/C19H19F2N5/c1-19(10-20)6-4-15-17(12-5-7-23-16(22)8-12)18(25-26(15)11-19)14-3-2-13(21)9-24-14/h2-3,5,7-9H,4,6,10-11H2,1H3,(H2,22,23). The largest absolute Gasteiger partial charge is 0.384 e. The normalized spacial score (nSPS) is 19.3. The Labute approximate surface area is 149 Å². The van der Waals surface area contributed by atoms with Crippen LogP contribution >= 0.6 is 0 Å². The van der Waals surface area contributed by atoms with Crippen LogP contribution in [-0.2, 0) is 13.0 Å². The Hall–Kier alpha value is -2.83. The van der Waals surface area contributed by atoms with Crippen LogP contribution in [-0.4, -0.2) is 26.4 Å². The van der Waals surface area contributed by atoms with E-state index in [4.69, 9.17) is 10.8 Å². The van der Waals surface area contributed by atoms with Gasteiger partial charge in [-0.25, -0.2) is 9.37 Å². The highest BCUT2D eigenvalue weighted by atomic mass is 19.1. The molecule has 26 heavy (non-hydrogen) atoms. The SMILES string of the molecule is CC1(CF)CCc2c(-c3ccnc(N)c3)c(-c3ccc(F)cn3)nn2C1. The molecule has 3 aromatic heterocycles. The quantitative estimate of drug-likeness (QED) is 0.779. The Morgan fingerprint density at radius 2 is 2.12 bits per heavy atom. The predicted molar refractivity (Wildman–Crippen MR) is 95.5 cm³/mol. The summed E-state index contributed by atoms with van der Waals surface area (Å²) in [5.74, 6) is 0.00213. The third kappa shape index (κ3) is 2.83. The average molecular weight is 355 g/mol. The van der Waals surface area contributed by atoms with E-state index < -0.39 is 17.9 Å². The van der Waals surface area contributed by atoms with Gasteiger partial charge in [-0.2, -0.15) is 5.10 Å². The van der Waals surface area contributed by atoms with Gasteiger partial charge in [0.25, 0.3) is 0 Å². The van der Waals surface area contributed by atoms with Gasteiger partial charge in [0.05, 0.1) is 18.6 Å². The Balaban J connectivity index is 1.92. The molecule has 2 N–H and O–H groups in total. The Kier molecular flexibility index (Phi) is 3.94. The van der Waals surface area contributed by atoms with Gasteiger partial charge in [-0.15, -0.1) is 0 Å². The molecule has 1 aliphatic rings. The first-order chi connectivity index (χ1) is 12.5. The number of aromatic nitrogens is 4.